The van der Waals surface area contributed by atoms with Gasteiger partial charge in [0.15, 0.2) is 0 Å². The molecule has 0 saturated heterocycles. The molecule has 0 unspecified atom stereocenters. The van der Waals surface area contributed by atoms with E-state index in [0.717, 1.165) is 0 Å². The van der Waals surface area contributed by atoms with Crippen LogP contribution in [0.3, 0.4) is 0 Å². The maximum Gasteiger partial charge on any atom is 0.240 e. The van der Waals surface area contributed by atoms with Gasteiger partial charge in [-0.15, -0.1) is 0 Å². The van der Waals surface area contributed by atoms with Crippen LogP contribution in [0, 0.1) is 0 Å². The van der Waals surface area contributed by atoms with Crippen molar-refractivity contribution in [3.05, 3.63) is 30.9 Å². The van der Waals surface area contributed by atoms with Gasteiger partial charge < -0.3 is 4.40 Å². The third-order valence-electron chi connectivity index (χ3n) is 1.83. The second kappa shape index (κ2) is 3.07. The summed E-state index contributed by atoms with van der Waals surface area (Å²) in [5.74, 6) is 0. The molecule has 0 radical (unpaired) electrons. The van der Waals surface area contributed by atoms with Gasteiger partial charge in [0.2, 0.25) is 10.0 Å². The number of imidazole rings is 1. The number of hydrogen-bond donors (Lipinski definition) is 1. The van der Waals surface area contributed by atoms with E-state index in [0.29, 0.717) is 5.52 Å². The largest absolute Gasteiger partial charge is 0.306 e. The molecule has 0 spiro atoms. The Morgan fingerprint density at radius 1 is 1.64 bits per heavy atom. The molecule has 0 aliphatic heterocycles. The smallest absolute Gasteiger partial charge is 0.240 e. The fourth-order valence-electron chi connectivity index (χ4n) is 1.12. The minimum atomic E-state index is -4.04. The summed E-state index contributed by atoms with van der Waals surface area (Å²) < 4.78 is 47.3. The van der Waals surface area contributed by atoms with Crippen LogP contribution in [-0.4, -0.2) is 24.8 Å². The predicted octanol–water partition coefficient (Wildman–Crippen LogP) is 0.242. The molecule has 6 heteroatoms. The number of nitrogens with zero attached hydrogens (tertiary/aromatic N) is 2. The van der Waals surface area contributed by atoms with Crippen molar-refractivity contribution in [3.8, 4) is 0 Å². The van der Waals surface area contributed by atoms with Crippen LogP contribution in [0.5, 0.6) is 0 Å². The first kappa shape index (κ1) is 6.15. The Hall–Kier alpha value is -1.40. The van der Waals surface area contributed by atoms with Gasteiger partial charge in [0, 0.05) is 10.3 Å². The summed E-state index contributed by atoms with van der Waals surface area (Å²) in [5.41, 5.74) is 0.568. The van der Waals surface area contributed by atoms with Crippen LogP contribution < -0.4 is 4.72 Å². The van der Waals surface area contributed by atoms with Crippen molar-refractivity contribution in [1.29, 1.82) is 0 Å². The lowest BCUT2D eigenvalue weighted by Crippen LogP contribution is -2.18. The number of rotatable bonds is 2. The van der Waals surface area contributed by atoms with Crippen LogP contribution >= 0.6 is 0 Å². The molecule has 2 rings (SSSR count). The van der Waals surface area contributed by atoms with Gasteiger partial charge in [0.25, 0.3) is 0 Å². The van der Waals surface area contributed by atoms with E-state index in [1.54, 1.807) is 9.12 Å². The molecule has 0 aliphatic rings. The molecule has 2 heterocycles. The summed E-state index contributed by atoms with van der Waals surface area (Å²) in [7, 11) is -4.04. The van der Waals surface area contributed by atoms with E-state index < -0.39 is 17.0 Å². The first-order chi connectivity index (χ1) is 7.78. The van der Waals surface area contributed by atoms with Gasteiger partial charge in [-0.1, -0.05) is 0 Å². The SMILES string of the molecule is [2H]C([2H])([2H])NS(=O)(=O)c1ccn2cncc2c1. The van der Waals surface area contributed by atoms with Gasteiger partial charge in [-0.05, 0) is 19.1 Å². The molecule has 0 bridgehead atoms. The van der Waals surface area contributed by atoms with Crippen LogP contribution in [-0.2, 0) is 10.0 Å². The fourth-order valence-corrected chi connectivity index (χ4v) is 1.76. The van der Waals surface area contributed by atoms with Crippen molar-refractivity contribution in [3.63, 3.8) is 0 Å². The molecule has 0 amide bonds. The Kier molecular flexibility index (Phi) is 1.35. The van der Waals surface area contributed by atoms with Crippen molar-refractivity contribution in [2.45, 2.75) is 4.90 Å². The lowest BCUT2D eigenvalue weighted by Gasteiger charge is -2.02. The van der Waals surface area contributed by atoms with Crippen LogP contribution in [0.4, 0.5) is 0 Å². The maximum absolute atomic E-state index is 11.7. The topological polar surface area (TPSA) is 63.5 Å². The zero-order valence-electron chi connectivity index (χ0n) is 10.0. The fraction of sp³-hybridized carbons (Fsp3) is 0.125. The minimum absolute atomic E-state index is 0.110. The zero-order valence-corrected chi connectivity index (χ0v) is 7.82. The third-order valence-corrected chi connectivity index (χ3v) is 2.97. The van der Waals surface area contributed by atoms with Gasteiger partial charge in [0.05, 0.1) is 22.9 Å². The highest BCUT2D eigenvalue weighted by Gasteiger charge is 2.11. The van der Waals surface area contributed by atoms with E-state index in [9.17, 15) is 8.42 Å². The molecule has 14 heavy (non-hydrogen) atoms. The number of hydrogen-bond acceptors (Lipinski definition) is 3. The number of sulfonamides is 1. The molecule has 0 atom stereocenters. The Labute approximate surface area is 85.7 Å². The van der Waals surface area contributed by atoms with Crippen molar-refractivity contribution >= 4 is 15.5 Å². The van der Waals surface area contributed by atoms with Crippen molar-refractivity contribution in [2.75, 3.05) is 6.98 Å². The van der Waals surface area contributed by atoms with Crippen LogP contribution in [0.1, 0.15) is 4.11 Å². The monoisotopic (exact) mass is 214 g/mol. The van der Waals surface area contributed by atoms with Gasteiger partial charge in [0.1, 0.15) is 0 Å². The quantitative estimate of drug-likeness (QED) is 0.779. The summed E-state index contributed by atoms with van der Waals surface area (Å²) in [4.78, 5) is 3.73. The molecule has 2 aromatic heterocycles. The highest BCUT2D eigenvalue weighted by molar-refractivity contribution is 7.89. The second-order valence-electron chi connectivity index (χ2n) is 2.69. The molecule has 74 valence electrons. The number of fused-ring (bicyclic) bond motifs is 1. The van der Waals surface area contributed by atoms with Crippen LogP contribution in [0.25, 0.3) is 5.52 Å². The highest BCUT2D eigenvalue weighted by atomic mass is 32.2. The summed E-state index contributed by atoms with van der Waals surface area (Å²) in [6, 6.07) is 2.66. The van der Waals surface area contributed by atoms with E-state index in [-0.39, 0.29) is 4.90 Å². The number of pyridine rings is 1. The van der Waals surface area contributed by atoms with E-state index in [1.165, 1.54) is 30.9 Å². The first-order valence-electron chi connectivity index (χ1n) is 5.24. The minimum Gasteiger partial charge on any atom is -0.306 e. The Morgan fingerprint density at radius 2 is 2.50 bits per heavy atom. The van der Waals surface area contributed by atoms with Crippen LogP contribution in [0.15, 0.2) is 35.7 Å². The normalized spacial score (nSPS) is 16.1. The molecule has 1 N–H and O–H groups in total. The number of aromatic nitrogens is 2. The summed E-state index contributed by atoms with van der Waals surface area (Å²) in [6.07, 6.45) is 4.49. The first-order valence-corrected chi connectivity index (χ1v) is 5.22. The Balaban J connectivity index is 2.45. The van der Waals surface area contributed by atoms with E-state index in [1.807, 2.05) is 0 Å². The Bertz CT molecular complexity index is 647. The molecule has 2 aromatic rings. The summed E-state index contributed by atoms with van der Waals surface area (Å²) >= 11 is 0. The molecular formula is C8H9N3O2S. The summed E-state index contributed by atoms with van der Waals surface area (Å²) in [5, 5.41) is 0. The van der Waals surface area contributed by atoms with Gasteiger partial charge in [-0.25, -0.2) is 18.1 Å². The van der Waals surface area contributed by atoms with Gasteiger partial charge in [-0.3, -0.25) is 0 Å². The molecule has 0 aromatic carbocycles. The lowest BCUT2D eigenvalue weighted by atomic mass is 10.4. The average molecular weight is 214 g/mol. The molecule has 5 nitrogen and oxygen atoms in total. The lowest BCUT2D eigenvalue weighted by molar-refractivity contribution is 0.588. The molecule has 0 aliphatic carbocycles. The second-order valence-corrected chi connectivity index (χ2v) is 4.38. The van der Waals surface area contributed by atoms with Crippen LogP contribution in [0.2, 0.25) is 0 Å². The third kappa shape index (κ3) is 1.38. The van der Waals surface area contributed by atoms with Crippen molar-refractivity contribution < 1.29 is 12.5 Å². The standard InChI is InChI=1S/C8H9N3O2S/c1-9-14(12,13)8-2-3-11-6-10-5-7(11)4-8/h2-6,9H,1H3/i1D3. The highest BCUT2D eigenvalue weighted by Crippen LogP contribution is 2.11. The van der Waals surface area contributed by atoms with Crippen molar-refractivity contribution in [1.82, 2.24) is 14.1 Å². The van der Waals surface area contributed by atoms with Crippen molar-refractivity contribution in [2.24, 2.45) is 0 Å². The summed E-state index contributed by atoms with van der Waals surface area (Å²) in [6.45, 7) is -2.74. The maximum atomic E-state index is 11.7. The van der Waals surface area contributed by atoms with E-state index in [4.69, 9.17) is 4.11 Å². The zero-order chi connectivity index (χ0) is 12.7. The Morgan fingerprint density at radius 3 is 3.29 bits per heavy atom. The molecule has 0 saturated carbocycles. The predicted molar refractivity (Wildman–Crippen MR) is 51.4 cm³/mol. The molecular weight excluding hydrogens is 202 g/mol. The average Bonchev–Trinajstić information content (AvgIpc) is 2.59. The molecule has 0 fully saturated rings. The van der Waals surface area contributed by atoms with Gasteiger partial charge >= 0.3 is 0 Å². The van der Waals surface area contributed by atoms with E-state index >= 15 is 0 Å². The van der Waals surface area contributed by atoms with E-state index in [2.05, 4.69) is 4.98 Å². The number of nitrogens with one attached hydrogen (secondary N) is 1. The van der Waals surface area contributed by atoms with Gasteiger partial charge in [-0.2, -0.15) is 0 Å².